The van der Waals surface area contributed by atoms with Gasteiger partial charge in [-0.15, -0.1) is 0 Å². The van der Waals surface area contributed by atoms with Gasteiger partial charge in [-0.3, -0.25) is 0 Å². The zero-order chi connectivity index (χ0) is 8.97. The Bertz CT molecular complexity index is 264. The van der Waals surface area contributed by atoms with Crippen LogP contribution in [0.1, 0.15) is 0 Å². The Morgan fingerprint density at radius 3 is 2.42 bits per heavy atom. The lowest BCUT2D eigenvalue weighted by molar-refractivity contribution is 0.363. The van der Waals surface area contributed by atoms with Gasteiger partial charge in [-0.1, -0.05) is 41.9 Å². The summed E-state index contributed by atoms with van der Waals surface area (Å²) < 4.78 is 5.23. The van der Waals surface area contributed by atoms with Gasteiger partial charge in [0.05, 0.1) is 10.0 Å². The molecule has 0 fully saturated rings. The van der Waals surface area contributed by atoms with Crippen molar-refractivity contribution < 1.29 is 4.74 Å². The van der Waals surface area contributed by atoms with E-state index in [1.54, 1.807) is 24.3 Å². The van der Waals surface area contributed by atoms with Crippen LogP contribution in [0.15, 0.2) is 30.9 Å². The van der Waals surface area contributed by atoms with E-state index in [1.165, 1.54) is 0 Å². The quantitative estimate of drug-likeness (QED) is 0.682. The molecule has 0 saturated carbocycles. The summed E-state index contributed by atoms with van der Waals surface area (Å²) in [5.41, 5.74) is 0. The second kappa shape index (κ2) is 4.39. The minimum atomic E-state index is 0.406. The number of hydrogen-bond acceptors (Lipinski definition) is 1. The first-order valence-corrected chi connectivity index (χ1v) is 4.19. The maximum absolute atomic E-state index is 5.82. The number of benzene rings is 1. The minimum absolute atomic E-state index is 0.406. The summed E-state index contributed by atoms with van der Waals surface area (Å²) in [5, 5.41) is 1.04. The molecule has 0 amide bonds. The van der Waals surface area contributed by atoms with Crippen LogP contribution in [0.5, 0.6) is 5.75 Å². The third kappa shape index (κ3) is 2.16. The van der Waals surface area contributed by atoms with Gasteiger partial charge >= 0.3 is 0 Å². The highest BCUT2D eigenvalue weighted by Gasteiger charge is 2.04. The van der Waals surface area contributed by atoms with Crippen molar-refractivity contribution in [1.82, 2.24) is 0 Å². The summed E-state index contributed by atoms with van der Waals surface area (Å²) in [6.45, 7) is 3.93. The Hall–Kier alpha value is -0.660. The fourth-order valence-corrected chi connectivity index (χ4v) is 1.27. The first kappa shape index (κ1) is 9.43. The monoisotopic (exact) mass is 202 g/mol. The van der Waals surface area contributed by atoms with Crippen molar-refractivity contribution in [3.63, 3.8) is 0 Å². The van der Waals surface area contributed by atoms with Crippen LogP contribution >= 0.6 is 23.2 Å². The smallest absolute Gasteiger partial charge is 0.156 e. The topological polar surface area (TPSA) is 9.23 Å². The molecule has 0 aliphatic carbocycles. The van der Waals surface area contributed by atoms with E-state index >= 15 is 0 Å². The van der Waals surface area contributed by atoms with Gasteiger partial charge in [-0.25, -0.2) is 0 Å². The number of para-hydroxylation sites is 1. The van der Waals surface area contributed by atoms with Gasteiger partial charge in [0.15, 0.2) is 5.75 Å². The Labute approximate surface area is 81.6 Å². The molecule has 0 radical (unpaired) electrons. The van der Waals surface area contributed by atoms with Crippen LogP contribution in [0.3, 0.4) is 0 Å². The average molecular weight is 203 g/mol. The number of rotatable bonds is 3. The normalized spacial score (nSPS) is 9.50. The van der Waals surface area contributed by atoms with Gasteiger partial charge in [0.25, 0.3) is 0 Å². The molecule has 0 aliphatic heterocycles. The molecule has 12 heavy (non-hydrogen) atoms. The Morgan fingerprint density at radius 2 is 1.92 bits per heavy atom. The van der Waals surface area contributed by atoms with Gasteiger partial charge in [-0.05, 0) is 12.1 Å². The van der Waals surface area contributed by atoms with E-state index < -0.39 is 0 Å². The molecule has 0 atom stereocenters. The SMILES string of the molecule is C=CCOc1c(Cl)cccc1Cl. The van der Waals surface area contributed by atoms with Gasteiger partial charge in [-0.2, -0.15) is 0 Å². The Kier molecular flexibility index (Phi) is 3.45. The molecule has 0 saturated heterocycles. The van der Waals surface area contributed by atoms with Crippen molar-refractivity contribution in [2.75, 3.05) is 6.61 Å². The van der Waals surface area contributed by atoms with Gasteiger partial charge in [0.1, 0.15) is 6.61 Å². The van der Waals surface area contributed by atoms with Crippen molar-refractivity contribution >= 4 is 23.2 Å². The highest BCUT2D eigenvalue weighted by Crippen LogP contribution is 2.32. The summed E-state index contributed by atoms with van der Waals surface area (Å²) >= 11 is 11.6. The molecule has 1 rings (SSSR count). The van der Waals surface area contributed by atoms with E-state index in [0.29, 0.717) is 22.4 Å². The molecule has 0 N–H and O–H groups in total. The lowest BCUT2D eigenvalue weighted by Crippen LogP contribution is -1.93. The second-order valence-electron chi connectivity index (χ2n) is 2.15. The van der Waals surface area contributed by atoms with Gasteiger partial charge in [0, 0.05) is 0 Å². The van der Waals surface area contributed by atoms with Crippen LogP contribution in [0.4, 0.5) is 0 Å². The molecule has 1 aromatic rings. The van der Waals surface area contributed by atoms with E-state index in [9.17, 15) is 0 Å². The van der Waals surface area contributed by atoms with Crippen molar-refractivity contribution in [2.24, 2.45) is 0 Å². The molecule has 0 aliphatic rings. The van der Waals surface area contributed by atoms with E-state index in [1.807, 2.05) is 0 Å². The van der Waals surface area contributed by atoms with Crippen molar-refractivity contribution in [3.8, 4) is 5.75 Å². The molecule has 1 nitrogen and oxygen atoms in total. The van der Waals surface area contributed by atoms with Crippen LogP contribution in [-0.2, 0) is 0 Å². The fourth-order valence-electron chi connectivity index (χ4n) is 0.763. The standard InChI is InChI=1S/C9H8Cl2O/c1-2-6-12-9-7(10)4-3-5-8(9)11/h2-5H,1,6H2. The van der Waals surface area contributed by atoms with E-state index in [2.05, 4.69) is 6.58 Å². The molecule has 0 aromatic heterocycles. The summed E-state index contributed by atoms with van der Waals surface area (Å²) in [6.07, 6.45) is 1.64. The first-order chi connectivity index (χ1) is 5.75. The van der Waals surface area contributed by atoms with Crippen LogP contribution in [0.2, 0.25) is 10.0 Å². The number of hydrogen-bond donors (Lipinski definition) is 0. The molecule has 3 heteroatoms. The molecule has 0 bridgehead atoms. The zero-order valence-electron chi connectivity index (χ0n) is 6.39. The molecule has 1 aromatic carbocycles. The molecular formula is C9H8Cl2O. The average Bonchev–Trinajstić information content (AvgIpc) is 2.04. The first-order valence-electron chi connectivity index (χ1n) is 3.43. The summed E-state index contributed by atoms with van der Waals surface area (Å²) in [6, 6.07) is 5.23. The largest absolute Gasteiger partial charge is 0.486 e. The van der Waals surface area contributed by atoms with E-state index in [0.717, 1.165) is 0 Å². The van der Waals surface area contributed by atoms with Gasteiger partial charge < -0.3 is 4.74 Å². The van der Waals surface area contributed by atoms with E-state index in [4.69, 9.17) is 27.9 Å². The fraction of sp³-hybridized carbons (Fsp3) is 0.111. The number of ether oxygens (including phenoxy) is 1. The molecular weight excluding hydrogens is 195 g/mol. The highest BCUT2D eigenvalue weighted by atomic mass is 35.5. The maximum atomic E-state index is 5.82. The molecule has 0 unspecified atom stereocenters. The highest BCUT2D eigenvalue weighted by molar-refractivity contribution is 6.37. The maximum Gasteiger partial charge on any atom is 0.156 e. The van der Waals surface area contributed by atoms with Crippen LogP contribution in [0.25, 0.3) is 0 Å². The van der Waals surface area contributed by atoms with Crippen molar-refractivity contribution in [2.45, 2.75) is 0 Å². The minimum Gasteiger partial charge on any atom is -0.486 e. The van der Waals surface area contributed by atoms with Gasteiger partial charge in [0.2, 0.25) is 0 Å². The second-order valence-corrected chi connectivity index (χ2v) is 2.96. The third-order valence-electron chi connectivity index (χ3n) is 1.26. The Morgan fingerprint density at radius 1 is 1.33 bits per heavy atom. The summed E-state index contributed by atoms with van der Waals surface area (Å²) in [4.78, 5) is 0. The lowest BCUT2D eigenvalue weighted by atomic mass is 10.3. The van der Waals surface area contributed by atoms with Crippen molar-refractivity contribution in [1.29, 1.82) is 0 Å². The van der Waals surface area contributed by atoms with Crippen LogP contribution in [0, 0.1) is 0 Å². The third-order valence-corrected chi connectivity index (χ3v) is 1.86. The van der Waals surface area contributed by atoms with E-state index in [-0.39, 0.29) is 0 Å². The lowest BCUT2D eigenvalue weighted by Gasteiger charge is -2.06. The summed E-state index contributed by atoms with van der Waals surface area (Å²) in [7, 11) is 0. The van der Waals surface area contributed by atoms with Crippen LogP contribution in [-0.4, -0.2) is 6.61 Å². The predicted octanol–water partition coefficient (Wildman–Crippen LogP) is 3.56. The Balaban J connectivity index is 2.88. The summed E-state index contributed by atoms with van der Waals surface area (Å²) in [5.74, 6) is 0.515. The zero-order valence-corrected chi connectivity index (χ0v) is 7.90. The molecule has 0 heterocycles. The number of halogens is 2. The predicted molar refractivity (Wildman–Crippen MR) is 52.2 cm³/mol. The molecule has 0 spiro atoms. The molecule has 64 valence electrons. The van der Waals surface area contributed by atoms with Crippen LogP contribution < -0.4 is 4.74 Å². The van der Waals surface area contributed by atoms with Crippen molar-refractivity contribution in [3.05, 3.63) is 40.9 Å².